The van der Waals surface area contributed by atoms with Crippen LogP contribution in [0.2, 0.25) is 0 Å². The Kier molecular flexibility index (Phi) is 4.04. The van der Waals surface area contributed by atoms with Crippen LogP contribution < -0.4 is 11.4 Å². The highest BCUT2D eigenvalue weighted by Gasteiger charge is 2.14. The standard InChI is InChI=1S/C18H14FNO4/c1-10-2-4-13-11(7-17(21)24-16(13)6-10)9-23-18(22)14-5-3-12(19)8-15(14)20/h2-8H,9,20H2,1H3. The summed E-state index contributed by atoms with van der Waals surface area (Å²) in [6, 6.07) is 10.1. The van der Waals surface area contributed by atoms with Gasteiger partial charge in [-0.25, -0.2) is 14.0 Å². The van der Waals surface area contributed by atoms with E-state index in [4.69, 9.17) is 14.9 Å². The Hall–Kier alpha value is -3.15. The average molecular weight is 327 g/mol. The number of nitrogens with two attached hydrogens (primary N) is 1. The van der Waals surface area contributed by atoms with Crippen LogP contribution in [-0.4, -0.2) is 5.97 Å². The number of halogens is 1. The highest BCUT2D eigenvalue weighted by Crippen LogP contribution is 2.20. The molecule has 0 spiro atoms. The van der Waals surface area contributed by atoms with Gasteiger partial charge in [-0.2, -0.15) is 0 Å². The number of esters is 1. The van der Waals surface area contributed by atoms with E-state index in [-0.39, 0.29) is 17.9 Å². The van der Waals surface area contributed by atoms with Gasteiger partial charge in [0, 0.05) is 22.7 Å². The second-order valence-corrected chi connectivity index (χ2v) is 5.40. The number of anilines is 1. The van der Waals surface area contributed by atoms with Crippen LogP contribution in [-0.2, 0) is 11.3 Å². The molecule has 6 heteroatoms. The molecule has 0 unspecified atom stereocenters. The van der Waals surface area contributed by atoms with Crippen LogP contribution in [0.25, 0.3) is 11.0 Å². The van der Waals surface area contributed by atoms with E-state index < -0.39 is 17.4 Å². The number of carbonyl (C=O) groups is 1. The lowest BCUT2D eigenvalue weighted by Gasteiger charge is -2.09. The van der Waals surface area contributed by atoms with Crippen molar-refractivity contribution in [3.63, 3.8) is 0 Å². The first-order valence-corrected chi connectivity index (χ1v) is 7.19. The van der Waals surface area contributed by atoms with E-state index >= 15 is 0 Å². The van der Waals surface area contributed by atoms with Crippen LogP contribution in [0.1, 0.15) is 21.5 Å². The van der Waals surface area contributed by atoms with Gasteiger partial charge in [-0.15, -0.1) is 0 Å². The Morgan fingerprint density at radius 2 is 2.00 bits per heavy atom. The Morgan fingerprint density at radius 1 is 1.21 bits per heavy atom. The van der Waals surface area contributed by atoms with Gasteiger partial charge in [-0.3, -0.25) is 0 Å². The highest BCUT2D eigenvalue weighted by molar-refractivity contribution is 5.95. The van der Waals surface area contributed by atoms with Gasteiger partial charge in [0.1, 0.15) is 18.0 Å². The lowest BCUT2D eigenvalue weighted by Crippen LogP contribution is -2.10. The molecule has 1 heterocycles. The van der Waals surface area contributed by atoms with Crippen molar-refractivity contribution in [2.24, 2.45) is 0 Å². The summed E-state index contributed by atoms with van der Waals surface area (Å²) in [5.74, 6) is -1.23. The van der Waals surface area contributed by atoms with E-state index in [1.807, 2.05) is 13.0 Å². The maximum atomic E-state index is 13.0. The monoisotopic (exact) mass is 327 g/mol. The third-order valence-corrected chi connectivity index (χ3v) is 3.58. The number of hydrogen-bond donors (Lipinski definition) is 1. The summed E-state index contributed by atoms with van der Waals surface area (Å²) in [7, 11) is 0. The summed E-state index contributed by atoms with van der Waals surface area (Å²) in [5, 5.41) is 0.681. The second kappa shape index (κ2) is 6.16. The molecule has 3 rings (SSSR count). The zero-order valence-electron chi connectivity index (χ0n) is 12.8. The van der Waals surface area contributed by atoms with Gasteiger partial charge in [0.2, 0.25) is 0 Å². The molecule has 0 fully saturated rings. The van der Waals surface area contributed by atoms with Crippen LogP contribution >= 0.6 is 0 Å². The lowest BCUT2D eigenvalue weighted by atomic mass is 10.1. The topological polar surface area (TPSA) is 82.5 Å². The summed E-state index contributed by atoms with van der Waals surface area (Å²) >= 11 is 0. The summed E-state index contributed by atoms with van der Waals surface area (Å²) in [6.07, 6.45) is 0. The molecule has 3 aromatic rings. The van der Waals surface area contributed by atoms with Gasteiger partial charge in [0.05, 0.1) is 5.56 Å². The number of ether oxygens (including phenoxy) is 1. The molecular formula is C18H14FNO4. The fraction of sp³-hybridized carbons (Fsp3) is 0.111. The van der Waals surface area contributed by atoms with Crippen molar-refractivity contribution in [1.29, 1.82) is 0 Å². The highest BCUT2D eigenvalue weighted by atomic mass is 19.1. The third-order valence-electron chi connectivity index (χ3n) is 3.58. The molecule has 0 saturated carbocycles. The lowest BCUT2D eigenvalue weighted by molar-refractivity contribution is 0.0475. The predicted octanol–water partition coefficient (Wildman–Crippen LogP) is 3.18. The van der Waals surface area contributed by atoms with E-state index in [0.29, 0.717) is 16.5 Å². The Bertz CT molecular complexity index is 994. The number of rotatable bonds is 3. The molecule has 24 heavy (non-hydrogen) atoms. The minimum atomic E-state index is -0.694. The molecule has 0 radical (unpaired) electrons. The zero-order chi connectivity index (χ0) is 17.3. The summed E-state index contributed by atoms with van der Waals surface area (Å²) in [5.41, 5.74) is 7.04. The van der Waals surface area contributed by atoms with Crippen LogP contribution in [0.5, 0.6) is 0 Å². The molecule has 1 aromatic heterocycles. The van der Waals surface area contributed by atoms with E-state index in [2.05, 4.69) is 0 Å². The summed E-state index contributed by atoms with van der Waals surface area (Å²) in [4.78, 5) is 23.8. The van der Waals surface area contributed by atoms with Crippen molar-refractivity contribution in [2.45, 2.75) is 13.5 Å². The normalized spacial score (nSPS) is 10.8. The molecule has 5 nitrogen and oxygen atoms in total. The van der Waals surface area contributed by atoms with E-state index in [1.54, 1.807) is 12.1 Å². The Balaban J connectivity index is 1.88. The zero-order valence-corrected chi connectivity index (χ0v) is 12.8. The van der Waals surface area contributed by atoms with Crippen LogP contribution in [0.4, 0.5) is 10.1 Å². The molecule has 2 aromatic carbocycles. The van der Waals surface area contributed by atoms with Gasteiger partial charge in [-0.1, -0.05) is 12.1 Å². The molecule has 122 valence electrons. The number of nitrogen functional groups attached to an aromatic ring is 1. The van der Waals surface area contributed by atoms with Gasteiger partial charge in [0.25, 0.3) is 0 Å². The molecular weight excluding hydrogens is 313 g/mol. The van der Waals surface area contributed by atoms with E-state index in [9.17, 15) is 14.0 Å². The van der Waals surface area contributed by atoms with Crippen LogP contribution in [0.15, 0.2) is 51.7 Å². The first-order chi connectivity index (χ1) is 11.4. The Labute approximate surface area is 136 Å². The van der Waals surface area contributed by atoms with Crippen molar-refractivity contribution >= 4 is 22.6 Å². The van der Waals surface area contributed by atoms with Gasteiger partial charge >= 0.3 is 11.6 Å². The maximum Gasteiger partial charge on any atom is 0.340 e. The number of aryl methyl sites for hydroxylation is 1. The molecule has 0 aliphatic rings. The number of carbonyl (C=O) groups excluding carboxylic acids is 1. The molecule has 2 N–H and O–H groups in total. The molecule has 0 atom stereocenters. The largest absolute Gasteiger partial charge is 0.457 e. The SMILES string of the molecule is Cc1ccc2c(COC(=O)c3ccc(F)cc3N)cc(=O)oc2c1. The summed E-state index contributed by atoms with van der Waals surface area (Å²) < 4.78 is 23.4. The maximum absolute atomic E-state index is 13.0. The van der Waals surface area contributed by atoms with Gasteiger partial charge in [-0.05, 0) is 36.8 Å². The Morgan fingerprint density at radius 3 is 2.75 bits per heavy atom. The van der Waals surface area contributed by atoms with Crippen molar-refractivity contribution < 1.29 is 18.3 Å². The predicted molar refractivity (Wildman–Crippen MR) is 87.2 cm³/mol. The van der Waals surface area contributed by atoms with E-state index in [1.165, 1.54) is 12.1 Å². The fourth-order valence-corrected chi connectivity index (χ4v) is 2.40. The molecule has 0 aliphatic heterocycles. The smallest absolute Gasteiger partial charge is 0.340 e. The minimum absolute atomic E-state index is 0.00643. The average Bonchev–Trinajstić information content (AvgIpc) is 2.51. The first kappa shape index (κ1) is 15.7. The fourth-order valence-electron chi connectivity index (χ4n) is 2.40. The van der Waals surface area contributed by atoms with Gasteiger partial charge in [0.15, 0.2) is 0 Å². The van der Waals surface area contributed by atoms with Crippen LogP contribution in [0, 0.1) is 12.7 Å². The van der Waals surface area contributed by atoms with Crippen molar-refractivity contribution in [1.82, 2.24) is 0 Å². The van der Waals surface area contributed by atoms with Gasteiger partial charge < -0.3 is 14.9 Å². The number of hydrogen-bond acceptors (Lipinski definition) is 5. The van der Waals surface area contributed by atoms with E-state index in [0.717, 1.165) is 17.7 Å². The summed E-state index contributed by atoms with van der Waals surface area (Å²) in [6.45, 7) is 1.75. The molecule has 0 bridgehead atoms. The molecule has 0 saturated heterocycles. The van der Waals surface area contributed by atoms with Crippen LogP contribution in [0.3, 0.4) is 0 Å². The van der Waals surface area contributed by atoms with Crippen molar-refractivity contribution in [3.05, 3.63) is 75.4 Å². The first-order valence-electron chi connectivity index (χ1n) is 7.19. The number of fused-ring (bicyclic) bond motifs is 1. The van der Waals surface area contributed by atoms with Crippen molar-refractivity contribution in [3.8, 4) is 0 Å². The quantitative estimate of drug-likeness (QED) is 0.454. The van der Waals surface area contributed by atoms with Crippen molar-refractivity contribution in [2.75, 3.05) is 5.73 Å². The second-order valence-electron chi connectivity index (χ2n) is 5.40. The third kappa shape index (κ3) is 3.12. The minimum Gasteiger partial charge on any atom is -0.457 e. The molecule has 0 aliphatic carbocycles. The number of benzene rings is 2. The molecule has 0 amide bonds.